The largest absolute Gasteiger partial charge is 0.374 e. The molecule has 0 aromatic heterocycles. The molecule has 2 N–H and O–H groups in total. The Kier molecular flexibility index (Phi) is 6.58. The Morgan fingerprint density at radius 3 is 2.57 bits per heavy atom. The van der Waals surface area contributed by atoms with Gasteiger partial charge in [-0.3, -0.25) is 0 Å². The first-order valence-electron chi connectivity index (χ1n) is 8.64. The van der Waals surface area contributed by atoms with Gasteiger partial charge in [0.1, 0.15) is 23.1 Å². The molecule has 0 spiro atoms. The standard InChI is InChI=1S/C18H17ClF4N2O4S/c19-13-8-12(2-4-14(13)20)24-17(26)11-1-3-15(21)16(7-11)30(27,28)25-5-6-29-10-18(22,23)9-25/h1-4,7-8,17,24,26H,5-6,9-10H2. The van der Waals surface area contributed by atoms with Gasteiger partial charge in [-0.05, 0) is 30.3 Å². The van der Waals surface area contributed by atoms with Crippen molar-refractivity contribution < 1.29 is 35.8 Å². The van der Waals surface area contributed by atoms with Gasteiger partial charge in [-0.1, -0.05) is 17.7 Å². The number of sulfonamides is 1. The second kappa shape index (κ2) is 8.67. The van der Waals surface area contributed by atoms with Crippen molar-refractivity contribution in [3.63, 3.8) is 0 Å². The van der Waals surface area contributed by atoms with Crippen molar-refractivity contribution in [2.24, 2.45) is 0 Å². The molecule has 3 rings (SSSR count). The highest BCUT2D eigenvalue weighted by Gasteiger charge is 2.40. The van der Waals surface area contributed by atoms with E-state index in [1.54, 1.807) is 0 Å². The van der Waals surface area contributed by atoms with Crippen molar-refractivity contribution in [2.75, 3.05) is 31.6 Å². The van der Waals surface area contributed by atoms with Crippen LogP contribution in [0.3, 0.4) is 0 Å². The first-order chi connectivity index (χ1) is 14.0. The van der Waals surface area contributed by atoms with Crippen LogP contribution in [0, 0.1) is 11.6 Å². The third-order valence-electron chi connectivity index (χ3n) is 4.32. The van der Waals surface area contributed by atoms with Gasteiger partial charge in [0.2, 0.25) is 10.0 Å². The van der Waals surface area contributed by atoms with Crippen LogP contribution in [0.1, 0.15) is 11.8 Å². The van der Waals surface area contributed by atoms with Crippen LogP contribution in [0.2, 0.25) is 5.02 Å². The smallest absolute Gasteiger partial charge is 0.284 e. The van der Waals surface area contributed by atoms with Crippen molar-refractivity contribution in [1.82, 2.24) is 4.31 Å². The average molecular weight is 469 g/mol. The molecule has 1 heterocycles. The lowest BCUT2D eigenvalue weighted by Crippen LogP contribution is -2.41. The number of hydrogen-bond donors (Lipinski definition) is 2. The van der Waals surface area contributed by atoms with Gasteiger partial charge in [0.25, 0.3) is 5.92 Å². The van der Waals surface area contributed by atoms with E-state index in [-0.39, 0.29) is 29.4 Å². The summed E-state index contributed by atoms with van der Waals surface area (Å²) in [6.07, 6.45) is -1.52. The maximum absolute atomic E-state index is 14.3. The number of anilines is 1. The molecule has 12 heteroatoms. The topological polar surface area (TPSA) is 78.9 Å². The van der Waals surface area contributed by atoms with E-state index < -0.39 is 51.9 Å². The molecule has 1 aliphatic rings. The Balaban J connectivity index is 1.89. The van der Waals surface area contributed by atoms with Crippen molar-refractivity contribution >= 4 is 27.3 Å². The lowest BCUT2D eigenvalue weighted by atomic mass is 10.2. The molecule has 164 valence electrons. The van der Waals surface area contributed by atoms with Crippen LogP contribution in [0.5, 0.6) is 0 Å². The lowest BCUT2D eigenvalue weighted by molar-refractivity contribution is -0.0630. The maximum atomic E-state index is 14.3. The summed E-state index contributed by atoms with van der Waals surface area (Å²) in [5.74, 6) is -5.27. The first-order valence-corrected chi connectivity index (χ1v) is 10.5. The van der Waals surface area contributed by atoms with Gasteiger partial charge >= 0.3 is 0 Å². The van der Waals surface area contributed by atoms with Crippen LogP contribution in [0.15, 0.2) is 41.3 Å². The maximum Gasteiger partial charge on any atom is 0.284 e. The zero-order valence-corrected chi connectivity index (χ0v) is 16.9. The Hall–Kier alpha value is -1.92. The van der Waals surface area contributed by atoms with Crippen molar-refractivity contribution in [3.05, 3.63) is 58.6 Å². The third kappa shape index (κ3) is 5.03. The molecule has 30 heavy (non-hydrogen) atoms. The van der Waals surface area contributed by atoms with Gasteiger partial charge in [-0.2, -0.15) is 4.31 Å². The van der Waals surface area contributed by atoms with E-state index >= 15 is 0 Å². The molecule has 1 unspecified atom stereocenters. The molecule has 0 amide bonds. The fraction of sp³-hybridized carbons (Fsp3) is 0.333. The fourth-order valence-corrected chi connectivity index (χ4v) is 4.56. The van der Waals surface area contributed by atoms with Gasteiger partial charge in [-0.15, -0.1) is 0 Å². The van der Waals surface area contributed by atoms with Gasteiger partial charge < -0.3 is 15.2 Å². The van der Waals surface area contributed by atoms with E-state index in [9.17, 15) is 31.1 Å². The minimum Gasteiger partial charge on any atom is -0.374 e. The Bertz CT molecular complexity index is 1040. The molecule has 0 radical (unpaired) electrons. The van der Waals surface area contributed by atoms with E-state index in [0.29, 0.717) is 4.31 Å². The third-order valence-corrected chi connectivity index (χ3v) is 6.47. The molecule has 2 aromatic carbocycles. The summed E-state index contributed by atoms with van der Waals surface area (Å²) in [6, 6.07) is 6.30. The monoisotopic (exact) mass is 468 g/mol. The molecule has 6 nitrogen and oxygen atoms in total. The van der Waals surface area contributed by atoms with E-state index in [1.165, 1.54) is 12.1 Å². The minimum atomic E-state index is -4.64. The predicted octanol–water partition coefficient (Wildman–Crippen LogP) is 3.38. The number of alkyl halides is 2. The second-order valence-corrected chi connectivity index (χ2v) is 8.93. The molecule has 0 saturated carbocycles. The predicted molar refractivity (Wildman–Crippen MR) is 101 cm³/mol. The van der Waals surface area contributed by atoms with Gasteiger partial charge in [0.15, 0.2) is 6.23 Å². The highest BCUT2D eigenvalue weighted by atomic mass is 35.5. The molecule has 1 saturated heterocycles. The Morgan fingerprint density at radius 1 is 1.17 bits per heavy atom. The van der Waals surface area contributed by atoms with Crippen LogP contribution in [-0.4, -0.2) is 50.1 Å². The van der Waals surface area contributed by atoms with Crippen molar-refractivity contribution in [3.8, 4) is 0 Å². The average Bonchev–Trinajstić information content (AvgIpc) is 2.86. The van der Waals surface area contributed by atoms with Crippen LogP contribution in [0.4, 0.5) is 23.2 Å². The van der Waals surface area contributed by atoms with Crippen molar-refractivity contribution in [2.45, 2.75) is 17.0 Å². The molecular weight excluding hydrogens is 452 g/mol. The summed E-state index contributed by atoms with van der Waals surface area (Å²) in [6.45, 7) is -2.75. The molecule has 1 fully saturated rings. The Morgan fingerprint density at radius 2 is 1.87 bits per heavy atom. The normalized spacial score (nSPS) is 18.6. The first kappa shape index (κ1) is 22.8. The molecule has 0 bridgehead atoms. The summed E-state index contributed by atoms with van der Waals surface area (Å²) >= 11 is 5.67. The molecule has 1 aliphatic heterocycles. The van der Waals surface area contributed by atoms with Crippen LogP contribution >= 0.6 is 11.6 Å². The number of hydrogen-bond acceptors (Lipinski definition) is 5. The Labute approximate surface area is 175 Å². The molecular formula is C18H17ClF4N2O4S. The van der Waals surface area contributed by atoms with Gasteiger partial charge in [0.05, 0.1) is 18.2 Å². The second-order valence-electron chi connectivity index (χ2n) is 6.61. The summed E-state index contributed by atoms with van der Waals surface area (Å²) in [7, 11) is -4.64. The summed E-state index contributed by atoms with van der Waals surface area (Å²) in [5.41, 5.74) is 0.153. The highest BCUT2D eigenvalue weighted by Crippen LogP contribution is 2.29. The SMILES string of the molecule is O=S(=O)(c1cc(C(O)Nc2ccc(F)c(Cl)c2)ccc1F)N1CCOCC(F)(F)C1. The van der Waals surface area contributed by atoms with Gasteiger partial charge in [-0.25, -0.2) is 26.0 Å². The zero-order chi connectivity index (χ0) is 22.1. The summed E-state index contributed by atoms with van der Waals surface area (Å²) in [5, 5.41) is 12.7. The van der Waals surface area contributed by atoms with E-state index in [1.807, 2.05) is 0 Å². The van der Waals surface area contributed by atoms with Crippen molar-refractivity contribution in [1.29, 1.82) is 0 Å². The van der Waals surface area contributed by atoms with E-state index in [2.05, 4.69) is 5.32 Å². The van der Waals surface area contributed by atoms with Crippen LogP contribution in [-0.2, 0) is 14.8 Å². The number of benzene rings is 2. The summed E-state index contributed by atoms with van der Waals surface area (Å²) in [4.78, 5) is -0.865. The molecule has 2 aromatic rings. The number of nitrogens with zero attached hydrogens (tertiary/aromatic N) is 1. The van der Waals surface area contributed by atoms with Gasteiger partial charge in [0, 0.05) is 17.8 Å². The molecule has 1 atom stereocenters. The van der Waals surface area contributed by atoms with Crippen LogP contribution < -0.4 is 5.32 Å². The fourth-order valence-electron chi connectivity index (χ4n) is 2.83. The zero-order valence-electron chi connectivity index (χ0n) is 15.3. The number of ether oxygens (including phenoxy) is 1. The highest BCUT2D eigenvalue weighted by molar-refractivity contribution is 7.89. The number of halogens is 5. The quantitative estimate of drug-likeness (QED) is 0.519. The summed E-state index contributed by atoms with van der Waals surface area (Å²) < 4.78 is 85.8. The minimum absolute atomic E-state index is 0.0618. The van der Waals surface area contributed by atoms with E-state index in [4.69, 9.17) is 16.3 Å². The number of aliphatic hydroxyl groups excluding tert-OH is 1. The van der Waals surface area contributed by atoms with Crippen LogP contribution in [0.25, 0.3) is 0 Å². The number of nitrogens with one attached hydrogen (secondary N) is 1. The van der Waals surface area contributed by atoms with E-state index in [0.717, 1.165) is 24.3 Å². The number of rotatable bonds is 5. The molecule has 0 aliphatic carbocycles. The number of aliphatic hydroxyl groups is 1. The lowest BCUT2D eigenvalue weighted by Gasteiger charge is -2.23.